The molecule has 0 nitrogen and oxygen atoms in total. The van der Waals surface area contributed by atoms with Gasteiger partial charge in [0, 0.05) is 52.9 Å². The molecule has 0 aliphatic carbocycles. The van der Waals surface area contributed by atoms with Crippen molar-refractivity contribution in [2.45, 2.75) is 208 Å². The summed E-state index contributed by atoms with van der Waals surface area (Å²) in [6.45, 7) is 23.0. The van der Waals surface area contributed by atoms with Gasteiger partial charge in [-0.2, -0.15) is 0 Å². The maximum atomic E-state index is 3.80. The number of hydrogen-bond acceptors (Lipinski definition) is 4. The smallest absolute Gasteiger partial charge is 0.0775 e. The third-order valence-electron chi connectivity index (χ3n) is 17.2. The molecule has 0 atom stereocenters. The summed E-state index contributed by atoms with van der Waals surface area (Å²) in [5.74, 6) is 29.9. The molecule has 0 radical (unpaired) electrons. The molecular weight excluding hydrogens is 1140 g/mol. The van der Waals surface area contributed by atoms with Crippen molar-refractivity contribution in [2.24, 2.45) is 0 Å². The summed E-state index contributed by atoms with van der Waals surface area (Å²) >= 11 is 7.40. The fraction of sp³-hybridized carbons (Fsp3) is 0.381. The van der Waals surface area contributed by atoms with Gasteiger partial charge in [-0.1, -0.05) is 218 Å². The number of rotatable bonds is 22. The summed E-state index contributed by atoms with van der Waals surface area (Å²) < 4.78 is 0. The van der Waals surface area contributed by atoms with Crippen molar-refractivity contribution in [2.75, 3.05) is 0 Å². The molecule has 88 heavy (non-hydrogen) atoms. The van der Waals surface area contributed by atoms with Crippen molar-refractivity contribution in [3.8, 4) is 69.6 Å². The second kappa shape index (κ2) is 30.3. The summed E-state index contributed by atoms with van der Waals surface area (Å²) in [6.07, 6.45) is 24.7. The molecule has 450 valence electrons. The van der Waals surface area contributed by atoms with Crippen LogP contribution in [-0.4, -0.2) is 0 Å². The van der Waals surface area contributed by atoms with E-state index in [9.17, 15) is 0 Å². The Balaban J connectivity index is 1.10. The first-order chi connectivity index (χ1) is 42.7. The lowest BCUT2D eigenvalue weighted by atomic mass is 9.81. The highest BCUT2D eigenvalue weighted by atomic mass is 32.1. The van der Waals surface area contributed by atoms with E-state index in [0.29, 0.717) is 0 Å². The zero-order chi connectivity index (χ0) is 61.6. The fourth-order valence-electron chi connectivity index (χ4n) is 12.0. The molecule has 10 rings (SSSR count). The quantitative estimate of drug-likeness (QED) is 0.0360. The molecule has 0 aliphatic heterocycles. The minimum Gasteiger partial charge on any atom is -0.132 e. The lowest BCUT2D eigenvalue weighted by Crippen LogP contribution is -2.12. The van der Waals surface area contributed by atoms with Gasteiger partial charge < -0.3 is 0 Å². The summed E-state index contributed by atoms with van der Waals surface area (Å²) in [6, 6.07) is 46.5. The van der Waals surface area contributed by atoms with Crippen molar-refractivity contribution >= 4 is 77.7 Å². The Morgan fingerprint density at radius 3 is 0.761 bits per heavy atom. The van der Waals surface area contributed by atoms with Gasteiger partial charge in [-0.25, -0.2) is 0 Å². The van der Waals surface area contributed by atoms with Crippen LogP contribution in [0.5, 0.6) is 0 Å². The molecule has 0 saturated carbocycles. The minimum atomic E-state index is -0.112. The van der Waals surface area contributed by atoms with E-state index in [1.54, 1.807) is 0 Å². The highest BCUT2D eigenvalue weighted by Gasteiger charge is 2.23. The molecule has 4 aromatic heterocycles. The van der Waals surface area contributed by atoms with E-state index in [4.69, 9.17) is 0 Å². The largest absolute Gasteiger partial charge is 0.132 e. The molecular formula is C84H90S4. The SMILES string of the molecule is CCCCCCc1ccc(C#Cc2cc(C(C)(C)C)cc(C#Cc3ccc(CCCCCC)s3)c2-c2cc3ccc4cc(-c5c(C#Cc6ccc(CCCCCC)s6)cc(C(C)(C)C)cc5C#Cc5ccc(CCCCCC)s5)cc5ccc(c2)c3c45)s1. The first-order valence-corrected chi connectivity index (χ1v) is 36.5. The van der Waals surface area contributed by atoms with Crippen molar-refractivity contribution in [3.63, 3.8) is 0 Å². The van der Waals surface area contributed by atoms with E-state index in [1.165, 1.54) is 166 Å². The Morgan fingerprint density at radius 1 is 0.284 bits per heavy atom. The van der Waals surface area contributed by atoms with Crippen molar-refractivity contribution in [1.82, 2.24) is 0 Å². The molecule has 0 aliphatic rings. The number of aryl methyl sites for hydroxylation is 4. The zero-order valence-corrected chi connectivity index (χ0v) is 57.6. The van der Waals surface area contributed by atoms with Gasteiger partial charge in [0.1, 0.15) is 0 Å². The number of thiophene rings is 4. The Morgan fingerprint density at radius 2 is 0.534 bits per heavy atom. The molecule has 0 fully saturated rings. The zero-order valence-electron chi connectivity index (χ0n) is 54.3. The summed E-state index contributed by atoms with van der Waals surface area (Å²) in [5.41, 5.74) is 10.8. The van der Waals surface area contributed by atoms with Gasteiger partial charge in [-0.3, -0.25) is 0 Å². The fourth-order valence-corrected chi connectivity index (χ4v) is 15.6. The van der Waals surface area contributed by atoms with Gasteiger partial charge in [-0.15, -0.1) is 45.3 Å². The van der Waals surface area contributed by atoms with Crippen LogP contribution in [0.25, 0.3) is 54.6 Å². The van der Waals surface area contributed by atoms with Gasteiger partial charge in [-0.05, 0) is 214 Å². The van der Waals surface area contributed by atoms with Crippen LogP contribution in [-0.2, 0) is 36.5 Å². The average molecular weight is 1230 g/mol. The second-order valence-electron chi connectivity index (χ2n) is 26.4. The first kappa shape index (κ1) is 64.4. The van der Waals surface area contributed by atoms with E-state index >= 15 is 0 Å². The Bertz CT molecular complexity index is 3740. The van der Waals surface area contributed by atoms with Crippen LogP contribution in [0.1, 0.15) is 244 Å². The Kier molecular flexibility index (Phi) is 22.1. The van der Waals surface area contributed by atoms with Gasteiger partial charge in [0.15, 0.2) is 0 Å². The first-order valence-electron chi connectivity index (χ1n) is 33.2. The van der Waals surface area contributed by atoms with Gasteiger partial charge in [0.05, 0.1) is 19.5 Å². The molecule has 6 aromatic carbocycles. The van der Waals surface area contributed by atoms with Crippen LogP contribution in [0.3, 0.4) is 0 Å². The number of benzene rings is 6. The maximum Gasteiger partial charge on any atom is 0.0775 e. The van der Waals surface area contributed by atoms with E-state index in [2.05, 4.69) is 238 Å². The molecule has 0 saturated heterocycles. The molecule has 4 heterocycles. The molecule has 0 bridgehead atoms. The molecule has 0 amide bonds. The van der Waals surface area contributed by atoms with Gasteiger partial charge in [0.25, 0.3) is 0 Å². The summed E-state index contributed by atoms with van der Waals surface area (Å²) in [7, 11) is 0. The van der Waals surface area contributed by atoms with Crippen molar-refractivity contribution in [3.05, 3.63) is 194 Å². The predicted molar refractivity (Wildman–Crippen MR) is 391 cm³/mol. The van der Waals surface area contributed by atoms with Crippen LogP contribution in [0.15, 0.2) is 121 Å². The number of hydrogen-bond donors (Lipinski definition) is 0. The maximum absolute atomic E-state index is 3.80. The highest BCUT2D eigenvalue weighted by molar-refractivity contribution is 7.13. The number of unbranched alkanes of at least 4 members (excludes halogenated alkanes) is 12. The summed E-state index contributed by atoms with van der Waals surface area (Å²) in [5, 5.41) is 7.40. The van der Waals surface area contributed by atoms with Crippen LogP contribution in [0.4, 0.5) is 0 Å². The van der Waals surface area contributed by atoms with Crippen molar-refractivity contribution in [1.29, 1.82) is 0 Å². The molecule has 0 N–H and O–H groups in total. The second-order valence-corrected chi connectivity index (χ2v) is 31.1. The molecule has 4 heteroatoms. The average Bonchev–Trinajstić information content (AvgIpc) is 1.02. The van der Waals surface area contributed by atoms with Crippen LogP contribution in [0.2, 0.25) is 0 Å². The van der Waals surface area contributed by atoms with Gasteiger partial charge >= 0.3 is 0 Å². The van der Waals surface area contributed by atoms with Crippen LogP contribution >= 0.6 is 45.3 Å². The Hall–Kier alpha value is -6.60. The molecule has 0 spiro atoms. The highest BCUT2D eigenvalue weighted by Crippen LogP contribution is 2.43. The van der Waals surface area contributed by atoms with Crippen LogP contribution in [0, 0.1) is 47.4 Å². The van der Waals surface area contributed by atoms with E-state index in [-0.39, 0.29) is 10.8 Å². The van der Waals surface area contributed by atoms with E-state index in [0.717, 1.165) is 89.7 Å². The summed E-state index contributed by atoms with van der Waals surface area (Å²) in [4.78, 5) is 10.1. The van der Waals surface area contributed by atoms with Crippen molar-refractivity contribution < 1.29 is 0 Å². The predicted octanol–water partition coefficient (Wildman–Crippen LogP) is 24.8. The Labute approximate surface area is 545 Å². The normalized spacial score (nSPS) is 11.6. The monoisotopic (exact) mass is 1230 g/mol. The molecule has 0 unspecified atom stereocenters. The standard InChI is InChI=1S/C84H90S4/c1-11-15-19-23-27-71-43-47-75(85-71)39-35-63-55-69(83(5,6)7)56-64(36-40-76-48-44-72(86-76)28-24-20-16-12-2)79(63)67-51-59-31-33-61-53-68(54-62-34-32-60(52-67)81(59)82(61)62)80-65(37-41-77-49-45-73(87-77)29-25-21-17-13-3)57-70(84(8,9)10)58-66(80)38-42-78-50-46-74(88-78)30-26-22-18-14-4/h31-34,43-58H,11-30H2,1-10H3. The van der Waals surface area contributed by atoms with Gasteiger partial charge in [0.2, 0.25) is 0 Å². The topological polar surface area (TPSA) is 0 Å². The minimum absolute atomic E-state index is 0.112. The molecule has 10 aromatic rings. The van der Waals surface area contributed by atoms with E-state index in [1.807, 2.05) is 45.3 Å². The lowest BCUT2D eigenvalue weighted by Gasteiger charge is -2.23. The third kappa shape index (κ3) is 16.6. The van der Waals surface area contributed by atoms with Crippen LogP contribution < -0.4 is 0 Å². The third-order valence-corrected chi connectivity index (χ3v) is 21.4. The van der Waals surface area contributed by atoms with E-state index < -0.39 is 0 Å². The lowest BCUT2D eigenvalue weighted by molar-refractivity contribution is 0.589.